The number of fused-ring (bicyclic) bond motifs is 1. The van der Waals surface area contributed by atoms with Crippen molar-refractivity contribution in [3.05, 3.63) is 42.0 Å². The van der Waals surface area contributed by atoms with Crippen molar-refractivity contribution >= 4 is 16.5 Å². The maximum Gasteiger partial charge on any atom is 0.135 e. The molecular weight excluding hydrogens is 186 g/mol. The lowest BCUT2D eigenvalue weighted by atomic mass is 10.0. The number of hydrogen-bond acceptors (Lipinski definition) is 2. The molecule has 0 atom stereocenters. The van der Waals surface area contributed by atoms with Crippen LogP contribution < -0.4 is 4.74 Å². The van der Waals surface area contributed by atoms with Crippen molar-refractivity contribution in [2.45, 2.75) is 6.92 Å². The van der Waals surface area contributed by atoms with Gasteiger partial charge in [0, 0.05) is 16.7 Å². The molecule has 0 spiro atoms. The molecule has 15 heavy (non-hydrogen) atoms. The molecule has 0 saturated heterocycles. The molecule has 1 N–H and O–H groups in total. The van der Waals surface area contributed by atoms with Crippen LogP contribution in [-0.4, -0.2) is 12.8 Å². The summed E-state index contributed by atoms with van der Waals surface area (Å²) in [5.74, 6) is 0.792. The Bertz CT molecular complexity index is 517. The zero-order chi connectivity index (χ0) is 10.8. The Labute approximate surface area is 89.0 Å². The summed E-state index contributed by atoms with van der Waals surface area (Å²) in [5.41, 5.74) is 1.38. The minimum absolute atomic E-state index is 0.526. The molecule has 0 aliphatic heterocycles. The van der Waals surface area contributed by atoms with Crippen molar-refractivity contribution in [3.8, 4) is 5.75 Å². The van der Waals surface area contributed by atoms with Crippen LogP contribution in [0.5, 0.6) is 5.75 Å². The van der Waals surface area contributed by atoms with E-state index in [-0.39, 0.29) is 0 Å². The molecule has 0 radical (unpaired) electrons. The lowest BCUT2D eigenvalue weighted by molar-refractivity contribution is 0.419. The monoisotopic (exact) mass is 199 g/mol. The van der Waals surface area contributed by atoms with E-state index in [9.17, 15) is 0 Å². The fraction of sp³-hybridized carbons (Fsp3) is 0.154. The SMILES string of the molecule is COc1c(C(C)=N)ccc2ccccc12. The molecule has 0 aliphatic carbocycles. The molecule has 2 aromatic carbocycles. The van der Waals surface area contributed by atoms with Crippen LogP contribution >= 0.6 is 0 Å². The van der Waals surface area contributed by atoms with Crippen LogP contribution in [0.25, 0.3) is 10.8 Å². The fourth-order valence-corrected chi connectivity index (χ4v) is 1.76. The molecule has 0 heterocycles. The van der Waals surface area contributed by atoms with Crippen LogP contribution in [0.3, 0.4) is 0 Å². The van der Waals surface area contributed by atoms with E-state index in [1.807, 2.05) is 36.4 Å². The number of ether oxygens (including phenoxy) is 1. The summed E-state index contributed by atoms with van der Waals surface area (Å²) >= 11 is 0. The smallest absolute Gasteiger partial charge is 0.135 e. The molecular formula is C13H13NO. The van der Waals surface area contributed by atoms with E-state index in [1.54, 1.807) is 14.0 Å². The molecule has 0 unspecified atom stereocenters. The van der Waals surface area contributed by atoms with Gasteiger partial charge >= 0.3 is 0 Å². The van der Waals surface area contributed by atoms with Crippen molar-refractivity contribution in [2.75, 3.05) is 7.11 Å². The van der Waals surface area contributed by atoms with Gasteiger partial charge in [0.15, 0.2) is 0 Å². The minimum atomic E-state index is 0.526. The zero-order valence-corrected chi connectivity index (χ0v) is 8.87. The van der Waals surface area contributed by atoms with E-state index in [1.165, 1.54) is 0 Å². The molecule has 2 heteroatoms. The number of methoxy groups -OCH3 is 1. The van der Waals surface area contributed by atoms with Gasteiger partial charge in [-0.15, -0.1) is 0 Å². The second kappa shape index (κ2) is 3.73. The Balaban J connectivity index is 2.81. The van der Waals surface area contributed by atoms with Crippen LogP contribution in [0.1, 0.15) is 12.5 Å². The van der Waals surface area contributed by atoms with Crippen LogP contribution in [0.2, 0.25) is 0 Å². The van der Waals surface area contributed by atoms with E-state index in [0.717, 1.165) is 22.1 Å². The highest BCUT2D eigenvalue weighted by molar-refractivity contribution is 6.04. The van der Waals surface area contributed by atoms with E-state index in [4.69, 9.17) is 10.1 Å². The van der Waals surface area contributed by atoms with Crippen LogP contribution in [0.15, 0.2) is 36.4 Å². The molecule has 2 aromatic rings. The highest BCUT2D eigenvalue weighted by atomic mass is 16.5. The predicted octanol–water partition coefficient (Wildman–Crippen LogP) is 3.24. The molecule has 2 nitrogen and oxygen atoms in total. The van der Waals surface area contributed by atoms with Gasteiger partial charge < -0.3 is 10.1 Å². The predicted molar refractivity (Wildman–Crippen MR) is 63.0 cm³/mol. The fourth-order valence-electron chi connectivity index (χ4n) is 1.76. The van der Waals surface area contributed by atoms with Gasteiger partial charge in [-0.2, -0.15) is 0 Å². The molecule has 76 valence electrons. The normalized spacial score (nSPS) is 10.3. The van der Waals surface area contributed by atoms with Gasteiger partial charge in [-0.05, 0) is 18.4 Å². The topological polar surface area (TPSA) is 33.1 Å². The Hall–Kier alpha value is -1.83. The average molecular weight is 199 g/mol. The third kappa shape index (κ3) is 1.59. The summed E-state index contributed by atoms with van der Waals surface area (Å²) in [4.78, 5) is 0. The third-order valence-electron chi connectivity index (χ3n) is 2.49. The van der Waals surface area contributed by atoms with Crippen LogP contribution in [0.4, 0.5) is 0 Å². The van der Waals surface area contributed by atoms with E-state index >= 15 is 0 Å². The summed E-state index contributed by atoms with van der Waals surface area (Å²) in [6, 6.07) is 12.0. The summed E-state index contributed by atoms with van der Waals surface area (Å²) in [6.45, 7) is 1.77. The average Bonchev–Trinajstić information content (AvgIpc) is 2.27. The highest BCUT2D eigenvalue weighted by Crippen LogP contribution is 2.29. The minimum Gasteiger partial charge on any atom is -0.495 e. The van der Waals surface area contributed by atoms with Crippen molar-refractivity contribution < 1.29 is 4.74 Å². The van der Waals surface area contributed by atoms with E-state index in [0.29, 0.717) is 5.71 Å². The molecule has 0 aliphatic rings. The summed E-state index contributed by atoms with van der Waals surface area (Å²) < 4.78 is 5.38. The quantitative estimate of drug-likeness (QED) is 0.740. The van der Waals surface area contributed by atoms with Gasteiger partial charge in [0.2, 0.25) is 0 Å². The highest BCUT2D eigenvalue weighted by Gasteiger charge is 2.08. The number of benzene rings is 2. The van der Waals surface area contributed by atoms with Gasteiger partial charge in [-0.25, -0.2) is 0 Å². The Kier molecular flexibility index (Phi) is 2.42. The molecule has 0 amide bonds. The number of nitrogens with one attached hydrogen (secondary N) is 1. The van der Waals surface area contributed by atoms with Gasteiger partial charge in [-0.1, -0.05) is 30.3 Å². The molecule has 0 saturated carbocycles. The summed E-state index contributed by atoms with van der Waals surface area (Å²) in [7, 11) is 1.65. The molecule has 0 fully saturated rings. The Morgan fingerprint density at radius 3 is 2.53 bits per heavy atom. The van der Waals surface area contributed by atoms with Gasteiger partial charge in [0.25, 0.3) is 0 Å². The first kappa shape index (κ1) is 9.71. The van der Waals surface area contributed by atoms with Gasteiger partial charge in [0.1, 0.15) is 5.75 Å². The lowest BCUT2D eigenvalue weighted by Gasteiger charge is -2.10. The molecule has 2 rings (SSSR count). The molecule has 0 aromatic heterocycles. The van der Waals surface area contributed by atoms with Gasteiger partial charge in [-0.3, -0.25) is 0 Å². The maximum absolute atomic E-state index is 7.67. The van der Waals surface area contributed by atoms with Crippen LogP contribution in [0, 0.1) is 5.41 Å². The lowest BCUT2D eigenvalue weighted by Crippen LogP contribution is -1.97. The third-order valence-corrected chi connectivity index (χ3v) is 2.49. The summed E-state index contributed by atoms with van der Waals surface area (Å²) in [5, 5.41) is 9.87. The summed E-state index contributed by atoms with van der Waals surface area (Å²) in [6.07, 6.45) is 0. The standard InChI is InChI=1S/C13H13NO/c1-9(14)11-8-7-10-5-3-4-6-12(10)13(11)15-2/h3-8,14H,1-2H3. The Morgan fingerprint density at radius 2 is 1.87 bits per heavy atom. The van der Waals surface area contributed by atoms with Gasteiger partial charge in [0.05, 0.1) is 7.11 Å². The zero-order valence-electron chi connectivity index (χ0n) is 8.87. The number of rotatable bonds is 2. The second-order valence-corrected chi connectivity index (χ2v) is 3.49. The number of hydrogen-bond donors (Lipinski definition) is 1. The van der Waals surface area contributed by atoms with Crippen molar-refractivity contribution in [3.63, 3.8) is 0 Å². The van der Waals surface area contributed by atoms with E-state index in [2.05, 4.69) is 0 Å². The van der Waals surface area contributed by atoms with Crippen molar-refractivity contribution in [2.24, 2.45) is 0 Å². The first-order chi connectivity index (χ1) is 7.24. The maximum atomic E-state index is 7.67. The first-order valence-corrected chi connectivity index (χ1v) is 4.85. The molecule has 0 bridgehead atoms. The Morgan fingerprint density at radius 1 is 1.13 bits per heavy atom. The largest absolute Gasteiger partial charge is 0.495 e. The van der Waals surface area contributed by atoms with Crippen molar-refractivity contribution in [1.82, 2.24) is 0 Å². The first-order valence-electron chi connectivity index (χ1n) is 4.85. The van der Waals surface area contributed by atoms with E-state index < -0.39 is 0 Å². The second-order valence-electron chi connectivity index (χ2n) is 3.49. The van der Waals surface area contributed by atoms with Crippen molar-refractivity contribution in [1.29, 1.82) is 5.41 Å². The van der Waals surface area contributed by atoms with Crippen LogP contribution in [-0.2, 0) is 0 Å².